The molecule has 1 fully saturated rings. The van der Waals surface area contributed by atoms with E-state index in [1.54, 1.807) is 4.90 Å². The molecule has 1 aromatic heterocycles. The van der Waals surface area contributed by atoms with Gasteiger partial charge in [-0.3, -0.25) is 9.59 Å². The third-order valence-electron chi connectivity index (χ3n) is 3.69. The topological polar surface area (TPSA) is 53.2 Å². The molecule has 0 bridgehead atoms. The Morgan fingerprint density at radius 3 is 2.89 bits per heavy atom. The summed E-state index contributed by atoms with van der Waals surface area (Å²) in [6.45, 7) is 1.26. The van der Waals surface area contributed by atoms with E-state index in [-0.39, 0.29) is 18.1 Å². The number of likely N-dealkylation sites (tertiary alicyclic amines) is 1. The van der Waals surface area contributed by atoms with E-state index in [1.807, 2.05) is 24.4 Å². The van der Waals surface area contributed by atoms with E-state index in [0.717, 1.165) is 11.9 Å². The molecule has 1 amide bonds. The number of carbonyl (C=O) groups is 2. The van der Waals surface area contributed by atoms with Crippen LogP contribution in [0.4, 0.5) is 0 Å². The fraction of sp³-hybridized carbons (Fsp3) is 0.333. The molecule has 0 aliphatic carbocycles. The third-order valence-corrected chi connectivity index (χ3v) is 3.69. The van der Waals surface area contributed by atoms with Crippen molar-refractivity contribution in [1.82, 2.24) is 9.88 Å². The largest absolute Gasteiger partial charge is 0.361 e. The zero-order chi connectivity index (χ0) is 13.2. The second kappa shape index (κ2) is 4.88. The zero-order valence-electron chi connectivity index (χ0n) is 10.7. The van der Waals surface area contributed by atoms with Crippen LogP contribution in [-0.2, 0) is 16.0 Å². The molecule has 1 saturated heterocycles. The molecule has 3 rings (SSSR count). The van der Waals surface area contributed by atoms with Crippen molar-refractivity contribution >= 4 is 22.6 Å². The average molecular weight is 256 g/mol. The highest BCUT2D eigenvalue weighted by Crippen LogP contribution is 2.19. The van der Waals surface area contributed by atoms with Crippen molar-refractivity contribution in [1.29, 1.82) is 0 Å². The molecule has 0 spiro atoms. The maximum Gasteiger partial charge on any atom is 0.230 e. The first kappa shape index (κ1) is 12.0. The average Bonchev–Trinajstić information content (AvgIpc) is 2.81. The van der Waals surface area contributed by atoms with Crippen LogP contribution in [0.5, 0.6) is 0 Å². The van der Waals surface area contributed by atoms with Crippen molar-refractivity contribution in [3.8, 4) is 0 Å². The van der Waals surface area contributed by atoms with Crippen LogP contribution in [0.2, 0.25) is 0 Å². The molecular weight excluding hydrogens is 240 g/mol. The Balaban J connectivity index is 1.69. The molecule has 98 valence electrons. The second-order valence-corrected chi connectivity index (χ2v) is 4.96. The molecule has 1 aliphatic heterocycles. The fourth-order valence-corrected chi connectivity index (χ4v) is 2.58. The summed E-state index contributed by atoms with van der Waals surface area (Å²) < 4.78 is 0. The Morgan fingerprint density at radius 2 is 2.05 bits per heavy atom. The minimum absolute atomic E-state index is 0.0314. The molecule has 2 aromatic rings. The summed E-state index contributed by atoms with van der Waals surface area (Å²) in [6, 6.07) is 8.15. The summed E-state index contributed by atoms with van der Waals surface area (Å²) in [5.74, 6) is 0.0319. The second-order valence-electron chi connectivity index (χ2n) is 4.96. The summed E-state index contributed by atoms with van der Waals surface area (Å²) in [7, 11) is 0. The van der Waals surface area contributed by atoms with Crippen LogP contribution >= 0.6 is 0 Å². The summed E-state index contributed by atoms with van der Waals surface area (Å²) in [6.07, 6.45) is 3.40. The van der Waals surface area contributed by atoms with Crippen LogP contribution in [0.3, 0.4) is 0 Å². The lowest BCUT2D eigenvalue weighted by molar-refractivity contribution is -0.139. The standard InChI is InChI=1S/C15H16N2O2/c18-12-6-8-17(15(19)9-12)7-5-11-10-16-14-4-2-1-3-13(11)14/h1-4,10,16H,5-9H2. The molecule has 0 radical (unpaired) electrons. The predicted octanol–water partition coefficient (Wildman–Crippen LogP) is 1.90. The van der Waals surface area contributed by atoms with Crippen LogP contribution in [0.15, 0.2) is 30.5 Å². The number of H-pyrrole nitrogens is 1. The highest BCUT2D eigenvalue weighted by Gasteiger charge is 2.23. The number of para-hydroxylation sites is 1. The first-order chi connectivity index (χ1) is 9.24. The van der Waals surface area contributed by atoms with E-state index in [1.165, 1.54) is 10.9 Å². The van der Waals surface area contributed by atoms with Crippen molar-refractivity contribution in [2.24, 2.45) is 0 Å². The molecule has 1 aliphatic rings. The number of Topliss-reactive ketones (excluding diaryl/α,β-unsaturated/α-hetero) is 1. The number of benzene rings is 1. The summed E-state index contributed by atoms with van der Waals surface area (Å²) in [5, 5.41) is 1.21. The van der Waals surface area contributed by atoms with Gasteiger partial charge in [-0.25, -0.2) is 0 Å². The van der Waals surface area contributed by atoms with Gasteiger partial charge in [0.1, 0.15) is 5.78 Å². The number of hydrogen-bond acceptors (Lipinski definition) is 2. The van der Waals surface area contributed by atoms with E-state index in [2.05, 4.69) is 11.1 Å². The van der Waals surface area contributed by atoms with Gasteiger partial charge in [-0.1, -0.05) is 18.2 Å². The number of aromatic amines is 1. The van der Waals surface area contributed by atoms with Gasteiger partial charge in [-0.05, 0) is 18.1 Å². The number of ketones is 1. The van der Waals surface area contributed by atoms with Crippen LogP contribution in [0, 0.1) is 0 Å². The molecule has 4 nitrogen and oxygen atoms in total. The molecule has 1 aromatic carbocycles. The van der Waals surface area contributed by atoms with E-state index in [9.17, 15) is 9.59 Å². The van der Waals surface area contributed by atoms with Crippen molar-refractivity contribution < 1.29 is 9.59 Å². The molecule has 1 N–H and O–H groups in total. The van der Waals surface area contributed by atoms with Gasteiger partial charge in [0.25, 0.3) is 0 Å². The molecule has 19 heavy (non-hydrogen) atoms. The van der Waals surface area contributed by atoms with Crippen molar-refractivity contribution in [2.45, 2.75) is 19.3 Å². The van der Waals surface area contributed by atoms with Gasteiger partial charge < -0.3 is 9.88 Å². The summed E-state index contributed by atoms with van der Waals surface area (Å²) >= 11 is 0. The van der Waals surface area contributed by atoms with Crippen molar-refractivity contribution in [2.75, 3.05) is 13.1 Å². The summed E-state index contributed by atoms with van der Waals surface area (Å²) in [4.78, 5) is 27.9. The minimum atomic E-state index is -0.0314. The Morgan fingerprint density at radius 1 is 1.21 bits per heavy atom. The minimum Gasteiger partial charge on any atom is -0.361 e. The maximum atomic E-state index is 11.7. The molecule has 2 heterocycles. The van der Waals surface area contributed by atoms with Gasteiger partial charge in [-0.2, -0.15) is 0 Å². The first-order valence-electron chi connectivity index (χ1n) is 6.58. The number of aromatic nitrogens is 1. The Hall–Kier alpha value is -2.10. The van der Waals surface area contributed by atoms with Gasteiger partial charge in [0.05, 0.1) is 6.42 Å². The first-order valence-corrected chi connectivity index (χ1v) is 6.58. The van der Waals surface area contributed by atoms with Crippen LogP contribution in [0.1, 0.15) is 18.4 Å². The van der Waals surface area contributed by atoms with Crippen molar-refractivity contribution in [3.05, 3.63) is 36.0 Å². The van der Waals surface area contributed by atoms with Gasteiger partial charge >= 0.3 is 0 Å². The Labute approximate surface area is 111 Å². The van der Waals surface area contributed by atoms with Gasteiger partial charge in [-0.15, -0.1) is 0 Å². The van der Waals surface area contributed by atoms with Gasteiger partial charge in [0, 0.05) is 36.6 Å². The Bertz CT molecular complexity index is 630. The number of piperidine rings is 1. The molecular formula is C15H16N2O2. The number of hydrogen-bond donors (Lipinski definition) is 1. The quantitative estimate of drug-likeness (QED) is 0.853. The summed E-state index contributed by atoms with van der Waals surface area (Å²) in [5.41, 5.74) is 2.35. The number of nitrogens with one attached hydrogen (secondary N) is 1. The van der Waals surface area contributed by atoms with E-state index in [0.29, 0.717) is 19.5 Å². The van der Waals surface area contributed by atoms with E-state index >= 15 is 0 Å². The third kappa shape index (κ3) is 2.38. The highest BCUT2D eigenvalue weighted by atomic mass is 16.2. The van der Waals surface area contributed by atoms with Crippen LogP contribution in [0.25, 0.3) is 10.9 Å². The number of fused-ring (bicyclic) bond motifs is 1. The smallest absolute Gasteiger partial charge is 0.230 e. The van der Waals surface area contributed by atoms with Crippen LogP contribution < -0.4 is 0 Å². The SMILES string of the molecule is O=C1CCN(CCc2c[nH]c3ccccc23)C(=O)C1. The van der Waals surface area contributed by atoms with E-state index in [4.69, 9.17) is 0 Å². The Kier molecular flexibility index (Phi) is 3.07. The van der Waals surface area contributed by atoms with Gasteiger partial charge in [0.15, 0.2) is 0 Å². The maximum absolute atomic E-state index is 11.7. The lowest BCUT2D eigenvalue weighted by Crippen LogP contribution is -2.40. The number of nitrogens with zero attached hydrogens (tertiary/aromatic N) is 1. The molecule has 0 saturated carbocycles. The van der Waals surface area contributed by atoms with Crippen molar-refractivity contribution in [3.63, 3.8) is 0 Å². The van der Waals surface area contributed by atoms with Crippen LogP contribution in [-0.4, -0.2) is 34.7 Å². The lowest BCUT2D eigenvalue weighted by atomic mass is 10.1. The fourth-order valence-electron chi connectivity index (χ4n) is 2.58. The molecule has 0 unspecified atom stereocenters. The monoisotopic (exact) mass is 256 g/mol. The predicted molar refractivity (Wildman–Crippen MR) is 72.8 cm³/mol. The van der Waals surface area contributed by atoms with E-state index < -0.39 is 0 Å². The number of amides is 1. The zero-order valence-corrected chi connectivity index (χ0v) is 10.7. The number of rotatable bonds is 3. The normalized spacial score (nSPS) is 16.3. The van der Waals surface area contributed by atoms with Gasteiger partial charge in [0.2, 0.25) is 5.91 Å². The number of carbonyl (C=O) groups excluding carboxylic acids is 2. The lowest BCUT2D eigenvalue weighted by Gasteiger charge is -2.25. The highest BCUT2D eigenvalue weighted by molar-refractivity contribution is 6.00. The molecule has 4 heteroatoms. The molecule has 0 atom stereocenters.